The summed E-state index contributed by atoms with van der Waals surface area (Å²) < 4.78 is 26.9. The molecule has 20 heavy (non-hydrogen) atoms. The van der Waals surface area contributed by atoms with E-state index in [1.165, 1.54) is 25.3 Å². The summed E-state index contributed by atoms with van der Waals surface area (Å²) in [5, 5.41) is 3.43. The first-order valence-corrected chi connectivity index (χ1v) is 7.60. The zero-order chi connectivity index (χ0) is 13.9. The highest BCUT2D eigenvalue weighted by molar-refractivity contribution is 5.18. The summed E-state index contributed by atoms with van der Waals surface area (Å²) in [5.41, 5.74) is 0.478. The number of nitrogens with zero attached hydrogens (tertiary/aromatic N) is 1. The van der Waals surface area contributed by atoms with E-state index in [1.807, 2.05) is 0 Å². The van der Waals surface area contributed by atoms with Crippen LogP contribution in [-0.4, -0.2) is 31.1 Å². The maximum absolute atomic E-state index is 13.7. The fourth-order valence-electron chi connectivity index (χ4n) is 3.57. The van der Waals surface area contributed by atoms with Gasteiger partial charge in [0.2, 0.25) is 0 Å². The lowest BCUT2D eigenvalue weighted by Gasteiger charge is -2.34. The lowest BCUT2D eigenvalue weighted by atomic mass is 9.84. The second-order valence-corrected chi connectivity index (χ2v) is 6.08. The highest BCUT2D eigenvalue weighted by atomic mass is 19.2. The summed E-state index contributed by atoms with van der Waals surface area (Å²) in [6.07, 6.45) is 3.66. The molecule has 2 aliphatic heterocycles. The van der Waals surface area contributed by atoms with Gasteiger partial charge in [-0.1, -0.05) is 12.1 Å². The van der Waals surface area contributed by atoms with Gasteiger partial charge in [-0.05, 0) is 63.3 Å². The van der Waals surface area contributed by atoms with Gasteiger partial charge in [0.15, 0.2) is 11.6 Å². The van der Waals surface area contributed by atoms with Crippen LogP contribution in [0.4, 0.5) is 8.78 Å². The summed E-state index contributed by atoms with van der Waals surface area (Å²) in [7, 11) is 0. The van der Waals surface area contributed by atoms with E-state index in [2.05, 4.69) is 10.2 Å². The van der Waals surface area contributed by atoms with Crippen molar-refractivity contribution in [3.63, 3.8) is 0 Å². The first kappa shape index (κ1) is 14.0. The molecule has 4 heteroatoms. The summed E-state index contributed by atoms with van der Waals surface area (Å²) in [6, 6.07) is 4.45. The van der Waals surface area contributed by atoms with Crippen molar-refractivity contribution in [2.45, 2.75) is 25.8 Å². The molecule has 0 unspecified atom stereocenters. The average Bonchev–Trinajstić information content (AvgIpc) is 2.99. The first-order chi connectivity index (χ1) is 9.74. The first-order valence-electron chi connectivity index (χ1n) is 7.60. The molecule has 0 amide bonds. The minimum Gasteiger partial charge on any atom is -0.316 e. The van der Waals surface area contributed by atoms with Crippen molar-refractivity contribution in [1.82, 2.24) is 10.2 Å². The maximum atomic E-state index is 13.7. The van der Waals surface area contributed by atoms with E-state index >= 15 is 0 Å². The number of hydrogen-bond acceptors (Lipinski definition) is 2. The summed E-state index contributed by atoms with van der Waals surface area (Å²) in [6.45, 7) is 4.83. The zero-order valence-corrected chi connectivity index (χ0v) is 11.7. The Kier molecular flexibility index (Phi) is 4.32. The number of benzene rings is 1. The van der Waals surface area contributed by atoms with E-state index in [1.54, 1.807) is 12.1 Å². The third-order valence-electron chi connectivity index (χ3n) is 4.82. The second-order valence-electron chi connectivity index (χ2n) is 6.08. The molecule has 2 fully saturated rings. The topological polar surface area (TPSA) is 15.3 Å². The predicted molar refractivity (Wildman–Crippen MR) is 75.3 cm³/mol. The van der Waals surface area contributed by atoms with E-state index in [-0.39, 0.29) is 0 Å². The van der Waals surface area contributed by atoms with Gasteiger partial charge in [-0.25, -0.2) is 8.78 Å². The van der Waals surface area contributed by atoms with Crippen LogP contribution in [0.5, 0.6) is 0 Å². The van der Waals surface area contributed by atoms with Crippen molar-refractivity contribution in [2.75, 3.05) is 26.2 Å². The second kappa shape index (κ2) is 6.19. The normalized spacial score (nSPS) is 25.2. The Hall–Kier alpha value is -1.00. The van der Waals surface area contributed by atoms with Crippen molar-refractivity contribution >= 4 is 0 Å². The van der Waals surface area contributed by atoms with E-state index in [0.717, 1.165) is 38.0 Å². The molecule has 0 radical (unpaired) electrons. The fraction of sp³-hybridized carbons (Fsp3) is 0.625. The van der Waals surface area contributed by atoms with Gasteiger partial charge in [0.1, 0.15) is 0 Å². The van der Waals surface area contributed by atoms with Crippen LogP contribution in [0.3, 0.4) is 0 Å². The molecule has 0 bridgehead atoms. The molecule has 0 aliphatic carbocycles. The number of nitrogens with one attached hydrogen (secondary N) is 1. The zero-order valence-electron chi connectivity index (χ0n) is 11.7. The quantitative estimate of drug-likeness (QED) is 0.916. The van der Waals surface area contributed by atoms with Gasteiger partial charge in [0, 0.05) is 12.1 Å². The maximum Gasteiger partial charge on any atom is 0.163 e. The number of rotatable bonds is 3. The SMILES string of the molecule is Fc1cccc(CN2CCC([C@@H]3CCNC3)CC2)c1F. The monoisotopic (exact) mass is 280 g/mol. The minimum atomic E-state index is -0.741. The molecule has 1 aromatic rings. The van der Waals surface area contributed by atoms with E-state index < -0.39 is 11.6 Å². The molecule has 0 aromatic heterocycles. The molecule has 2 heterocycles. The largest absolute Gasteiger partial charge is 0.316 e. The van der Waals surface area contributed by atoms with E-state index in [0.29, 0.717) is 12.1 Å². The van der Waals surface area contributed by atoms with Crippen LogP contribution in [0.2, 0.25) is 0 Å². The summed E-state index contributed by atoms with van der Waals surface area (Å²) in [5.74, 6) is 0.200. The molecular weight excluding hydrogens is 258 g/mol. The lowest BCUT2D eigenvalue weighted by Crippen LogP contribution is -2.36. The van der Waals surface area contributed by atoms with Crippen molar-refractivity contribution in [3.8, 4) is 0 Å². The summed E-state index contributed by atoms with van der Waals surface area (Å²) in [4.78, 5) is 2.25. The molecule has 0 spiro atoms. The van der Waals surface area contributed by atoms with Crippen molar-refractivity contribution in [2.24, 2.45) is 11.8 Å². The number of piperidine rings is 1. The van der Waals surface area contributed by atoms with Gasteiger partial charge < -0.3 is 5.32 Å². The molecule has 2 saturated heterocycles. The van der Waals surface area contributed by atoms with Crippen molar-refractivity contribution in [1.29, 1.82) is 0 Å². The third kappa shape index (κ3) is 3.01. The predicted octanol–water partition coefficient (Wildman–Crippen LogP) is 2.79. The molecule has 3 rings (SSSR count). The van der Waals surface area contributed by atoms with Gasteiger partial charge in [-0.3, -0.25) is 4.90 Å². The minimum absolute atomic E-state index is 0.478. The highest BCUT2D eigenvalue weighted by Gasteiger charge is 2.28. The van der Waals surface area contributed by atoms with Gasteiger partial charge in [-0.15, -0.1) is 0 Å². The fourth-order valence-corrected chi connectivity index (χ4v) is 3.57. The van der Waals surface area contributed by atoms with Crippen LogP contribution in [-0.2, 0) is 6.54 Å². The Morgan fingerprint density at radius 2 is 1.90 bits per heavy atom. The Balaban J connectivity index is 1.54. The van der Waals surface area contributed by atoms with Crippen LogP contribution in [0.15, 0.2) is 18.2 Å². The van der Waals surface area contributed by atoms with Crippen LogP contribution in [0.1, 0.15) is 24.8 Å². The molecule has 110 valence electrons. The molecule has 1 aromatic carbocycles. The highest BCUT2D eigenvalue weighted by Crippen LogP contribution is 2.29. The molecule has 2 nitrogen and oxygen atoms in total. The Labute approximate surface area is 119 Å². The van der Waals surface area contributed by atoms with Crippen molar-refractivity contribution in [3.05, 3.63) is 35.4 Å². The Morgan fingerprint density at radius 3 is 2.60 bits per heavy atom. The van der Waals surface area contributed by atoms with Crippen molar-refractivity contribution < 1.29 is 8.78 Å². The van der Waals surface area contributed by atoms with Crippen LogP contribution in [0.25, 0.3) is 0 Å². The number of halogens is 2. The van der Waals surface area contributed by atoms with Crippen LogP contribution >= 0.6 is 0 Å². The average molecular weight is 280 g/mol. The molecule has 0 saturated carbocycles. The van der Waals surface area contributed by atoms with Gasteiger partial charge in [0.25, 0.3) is 0 Å². The van der Waals surface area contributed by atoms with Gasteiger partial charge >= 0.3 is 0 Å². The molecular formula is C16H22F2N2. The number of hydrogen-bond donors (Lipinski definition) is 1. The third-order valence-corrected chi connectivity index (χ3v) is 4.82. The van der Waals surface area contributed by atoms with Crippen LogP contribution in [0, 0.1) is 23.5 Å². The Morgan fingerprint density at radius 1 is 1.10 bits per heavy atom. The number of likely N-dealkylation sites (tertiary alicyclic amines) is 1. The summed E-state index contributed by atoms with van der Waals surface area (Å²) >= 11 is 0. The molecule has 2 aliphatic rings. The standard InChI is InChI=1S/C16H22F2N2/c17-15-3-1-2-14(16(15)18)11-20-8-5-12(6-9-20)13-4-7-19-10-13/h1-3,12-13,19H,4-11H2/t13-/m1/s1. The Bertz CT molecular complexity index is 450. The molecule has 1 atom stereocenters. The lowest BCUT2D eigenvalue weighted by molar-refractivity contribution is 0.145. The van der Waals surface area contributed by atoms with Gasteiger partial charge in [0.05, 0.1) is 0 Å². The molecule has 1 N–H and O–H groups in total. The van der Waals surface area contributed by atoms with E-state index in [4.69, 9.17) is 0 Å². The smallest absolute Gasteiger partial charge is 0.163 e. The van der Waals surface area contributed by atoms with Gasteiger partial charge in [-0.2, -0.15) is 0 Å². The van der Waals surface area contributed by atoms with E-state index in [9.17, 15) is 8.78 Å². The van der Waals surface area contributed by atoms with Crippen LogP contribution < -0.4 is 5.32 Å².